The second-order valence-corrected chi connectivity index (χ2v) is 11.7. The van der Waals surface area contributed by atoms with Crippen molar-refractivity contribution in [3.63, 3.8) is 0 Å². The summed E-state index contributed by atoms with van der Waals surface area (Å²) in [6.07, 6.45) is -0.699. The molecular weight excluding hydrogens is 452 g/mol. The number of nitrogens with zero attached hydrogens (tertiary/aromatic N) is 1. The molecule has 9 nitrogen and oxygen atoms in total. The van der Waals surface area contributed by atoms with Gasteiger partial charge in [-0.1, -0.05) is 20.8 Å². The van der Waals surface area contributed by atoms with E-state index in [0.717, 1.165) is 6.42 Å². The topological polar surface area (TPSA) is 121 Å². The molecule has 0 aromatic rings. The fraction of sp³-hybridized carbons (Fsp3) is 0.962. The summed E-state index contributed by atoms with van der Waals surface area (Å²) in [5, 5.41) is 35.6. The smallest absolute Gasteiger partial charge is 0.308 e. The first kappa shape index (κ1) is 30.4. The Morgan fingerprint density at radius 3 is 2.37 bits per heavy atom. The fourth-order valence-corrected chi connectivity index (χ4v) is 5.56. The van der Waals surface area contributed by atoms with Crippen LogP contribution in [0.5, 0.6) is 0 Å². The Morgan fingerprint density at radius 1 is 1.09 bits per heavy atom. The first-order valence-corrected chi connectivity index (χ1v) is 13.2. The highest BCUT2D eigenvalue weighted by molar-refractivity contribution is 5.72. The molecule has 206 valence electrons. The summed E-state index contributed by atoms with van der Waals surface area (Å²) in [5.74, 6) is -1.00. The third-order valence-corrected chi connectivity index (χ3v) is 7.59. The van der Waals surface area contributed by atoms with Gasteiger partial charge in [-0.2, -0.15) is 0 Å². The Kier molecular flexibility index (Phi) is 11.4. The van der Waals surface area contributed by atoms with Crippen LogP contribution in [-0.2, 0) is 19.0 Å². The van der Waals surface area contributed by atoms with Crippen molar-refractivity contribution in [2.24, 2.45) is 17.8 Å². The zero-order valence-corrected chi connectivity index (χ0v) is 22.9. The Balaban J connectivity index is 2.27. The number of nitrogens with one attached hydrogen (secondary N) is 1. The number of carbonyl (C=O) groups excluding carboxylic acids is 1. The number of hydrogen-bond acceptors (Lipinski definition) is 9. The lowest BCUT2D eigenvalue weighted by molar-refractivity contribution is -0.261. The molecule has 2 saturated heterocycles. The highest BCUT2D eigenvalue weighted by Crippen LogP contribution is 2.34. The van der Waals surface area contributed by atoms with E-state index in [1.807, 2.05) is 20.8 Å². The normalized spacial score (nSPS) is 45.4. The van der Waals surface area contributed by atoms with Crippen LogP contribution in [0.15, 0.2) is 0 Å². The van der Waals surface area contributed by atoms with Gasteiger partial charge >= 0.3 is 5.97 Å². The van der Waals surface area contributed by atoms with Crippen molar-refractivity contribution >= 4 is 5.97 Å². The van der Waals surface area contributed by atoms with E-state index in [-0.39, 0.29) is 24.5 Å². The Morgan fingerprint density at radius 2 is 1.74 bits per heavy atom. The van der Waals surface area contributed by atoms with E-state index in [2.05, 4.69) is 24.3 Å². The maximum Gasteiger partial charge on any atom is 0.308 e. The van der Waals surface area contributed by atoms with Gasteiger partial charge in [0.25, 0.3) is 0 Å². The molecule has 0 aromatic heterocycles. The lowest BCUT2D eigenvalue weighted by Crippen LogP contribution is -2.52. The van der Waals surface area contributed by atoms with E-state index in [1.165, 1.54) is 0 Å². The van der Waals surface area contributed by atoms with Crippen LogP contribution < -0.4 is 5.32 Å². The molecule has 0 spiro atoms. The molecule has 35 heavy (non-hydrogen) atoms. The average molecular weight is 503 g/mol. The molecule has 7 unspecified atom stereocenters. The summed E-state index contributed by atoms with van der Waals surface area (Å²) >= 11 is 0. The highest BCUT2D eigenvalue weighted by atomic mass is 16.7. The highest BCUT2D eigenvalue weighted by Gasteiger charge is 2.42. The molecule has 2 rings (SSSR count). The van der Waals surface area contributed by atoms with Gasteiger partial charge in [-0.25, -0.2) is 0 Å². The van der Waals surface area contributed by atoms with Gasteiger partial charge in [-0.15, -0.1) is 0 Å². The minimum absolute atomic E-state index is 0.0417. The van der Waals surface area contributed by atoms with Crippen molar-refractivity contribution < 1.29 is 34.3 Å². The van der Waals surface area contributed by atoms with Gasteiger partial charge < -0.3 is 39.7 Å². The third-order valence-electron chi connectivity index (χ3n) is 7.59. The predicted octanol–water partition coefficient (Wildman–Crippen LogP) is 1.52. The van der Waals surface area contributed by atoms with E-state index in [9.17, 15) is 20.1 Å². The monoisotopic (exact) mass is 502 g/mol. The Hall–Kier alpha value is -0.810. The number of rotatable bonds is 3. The lowest BCUT2D eigenvalue weighted by atomic mass is 9.79. The van der Waals surface area contributed by atoms with Crippen LogP contribution in [0.3, 0.4) is 0 Å². The molecule has 0 amide bonds. The largest absolute Gasteiger partial charge is 0.463 e. The molecule has 4 N–H and O–H groups in total. The van der Waals surface area contributed by atoms with Crippen molar-refractivity contribution in [1.82, 2.24) is 10.2 Å². The number of aliphatic hydroxyl groups is 3. The molecule has 2 heterocycles. The first-order chi connectivity index (χ1) is 16.2. The van der Waals surface area contributed by atoms with Crippen LogP contribution in [0, 0.1) is 17.8 Å². The number of cyclic esters (lactones) is 1. The van der Waals surface area contributed by atoms with Gasteiger partial charge in [-0.05, 0) is 72.5 Å². The van der Waals surface area contributed by atoms with Gasteiger partial charge in [0.05, 0.1) is 29.8 Å². The van der Waals surface area contributed by atoms with Gasteiger partial charge in [0.2, 0.25) is 0 Å². The number of hydrogen-bond donors (Lipinski definition) is 4. The fourth-order valence-electron chi connectivity index (χ4n) is 5.56. The van der Waals surface area contributed by atoms with Crippen molar-refractivity contribution in [2.45, 2.75) is 116 Å². The van der Waals surface area contributed by atoms with Gasteiger partial charge in [0.15, 0.2) is 6.29 Å². The molecule has 2 fully saturated rings. The van der Waals surface area contributed by atoms with Crippen molar-refractivity contribution in [3.8, 4) is 0 Å². The van der Waals surface area contributed by atoms with E-state index < -0.39 is 48.1 Å². The SMILES string of the molecule is CC1CC(N(C)C)CC(O[C@@H]2[C@@H](C)CC(C)C(=O)OCC(O)C(O)C(C)NC[C@H](C)C[C@@]2(C)O)O1. The van der Waals surface area contributed by atoms with Crippen LogP contribution in [0.4, 0.5) is 0 Å². The standard InChI is InChI=1S/C26H50N2O7/c1-15-12-26(6,32)24(35-22-11-20(28(7)8)10-18(4)34-22)16(2)9-17(3)25(31)33-14-21(29)23(30)19(5)27-13-15/h15-24,27,29-30,32H,9-14H2,1-8H3/t15-,16+,17?,18?,19?,20?,21?,22?,23?,24-,26-/m1/s1. The summed E-state index contributed by atoms with van der Waals surface area (Å²) < 4.78 is 18.0. The van der Waals surface area contributed by atoms with Gasteiger partial charge in [0.1, 0.15) is 12.7 Å². The predicted molar refractivity (Wildman–Crippen MR) is 134 cm³/mol. The van der Waals surface area contributed by atoms with Crippen LogP contribution in [0.25, 0.3) is 0 Å². The molecular formula is C26H50N2O7. The molecule has 9 heteroatoms. The van der Waals surface area contributed by atoms with Gasteiger partial charge in [0, 0.05) is 18.5 Å². The Bertz CT molecular complexity index is 662. The number of ether oxygens (including phenoxy) is 3. The molecule has 2 aliphatic heterocycles. The van der Waals surface area contributed by atoms with Gasteiger partial charge in [-0.3, -0.25) is 4.79 Å². The summed E-state index contributed by atoms with van der Waals surface area (Å²) in [6, 6.07) is -0.0904. The Labute approximate surface area is 211 Å². The zero-order chi connectivity index (χ0) is 26.5. The maximum atomic E-state index is 12.6. The molecule has 0 aliphatic carbocycles. The van der Waals surface area contributed by atoms with Crippen LogP contribution in [-0.4, -0.2) is 102 Å². The van der Waals surface area contributed by atoms with E-state index in [1.54, 1.807) is 20.8 Å². The van der Waals surface area contributed by atoms with Crippen molar-refractivity contribution in [3.05, 3.63) is 0 Å². The number of esters is 1. The minimum atomic E-state index is -1.18. The number of carbonyl (C=O) groups is 1. The van der Waals surface area contributed by atoms with E-state index in [4.69, 9.17) is 14.2 Å². The van der Waals surface area contributed by atoms with Crippen LogP contribution in [0.2, 0.25) is 0 Å². The molecule has 0 aromatic carbocycles. The molecule has 0 bridgehead atoms. The summed E-state index contributed by atoms with van der Waals surface area (Å²) in [6.45, 7) is 11.7. The molecule has 2 aliphatic rings. The first-order valence-electron chi connectivity index (χ1n) is 13.2. The molecule has 0 saturated carbocycles. The number of aliphatic hydroxyl groups excluding tert-OH is 2. The summed E-state index contributed by atoms with van der Waals surface area (Å²) in [7, 11) is 4.11. The molecule has 0 radical (unpaired) electrons. The maximum absolute atomic E-state index is 12.6. The zero-order valence-electron chi connectivity index (χ0n) is 22.9. The minimum Gasteiger partial charge on any atom is -0.463 e. The van der Waals surface area contributed by atoms with Crippen LogP contribution in [0.1, 0.15) is 67.2 Å². The molecule has 11 atom stereocenters. The lowest BCUT2D eigenvalue weighted by Gasteiger charge is -2.44. The summed E-state index contributed by atoms with van der Waals surface area (Å²) in [4.78, 5) is 14.8. The second-order valence-electron chi connectivity index (χ2n) is 11.7. The average Bonchev–Trinajstić information content (AvgIpc) is 2.77. The second kappa shape index (κ2) is 13.1. The van der Waals surface area contributed by atoms with E-state index in [0.29, 0.717) is 31.8 Å². The van der Waals surface area contributed by atoms with E-state index >= 15 is 0 Å². The van der Waals surface area contributed by atoms with Crippen molar-refractivity contribution in [2.75, 3.05) is 27.2 Å². The van der Waals surface area contributed by atoms with Crippen LogP contribution >= 0.6 is 0 Å². The summed E-state index contributed by atoms with van der Waals surface area (Å²) in [5.41, 5.74) is -1.18. The third kappa shape index (κ3) is 8.91. The van der Waals surface area contributed by atoms with Crippen molar-refractivity contribution in [1.29, 1.82) is 0 Å². The quantitative estimate of drug-likeness (QED) is 0.426.